The van der Waals surface area contributed by atoms with Crippen LogP contribution in [0.25, 0.3) is 123 Å². The molecule has 2 aliphatic heterocycles. The van der Waals surface area contributed by atoms with Gasteiger partial charge in [-0.25, -0.2) is 15.0 Å². The van der Waals surface area contributed by atoms with Crippen molar-refractivity contribution in [2.75, 3.05) is 9.80 Å². The van der Waals surface area contributed by atoms with Crippen LogP contribution in [0.1, 0.15) is 52.7 Å². The van der Waals surface area contributed by atoms with Gasteiger partial charge in [-0.05, 0) is 224 Å². The molecule has 0 fully saturated rings. The van der Waals surface area contributed by atoms with E-state index in [1.165, 1.54) is 27.5 Å². The molecule has 3 heterocycles. The van der Waals surface area contributed by atoms with Crippen molar-refractivity contribution in [1.29, 1.82) is 0 Å². The standard InChI is InChI=1S/C101H78BN5/c1-100(2,3)86-47-49-90-92(65-86)106(88-59-79(71-39-23-11-24-40-71)53-80(60-88)72-41-25-12-26-42-72)94-63-85(64-95-96(94)102(90)91-50-48-87(101(4,5)6)66-93(91)107(95)89-61-81(73-43-27-13-28-44-73)54-82(62-89)74-45-29-14-30-46-74)99-104-97(83-55-75(67-31-15-7-16-32-67)51-76(56-83)68-33-17-8-18-34-68)103-98(105-99)84-57-77(69-35-19-9-20-36-69)52-78(58-84)70-37-21-10-22-38-70/h7-66H,1-6H3. The first-order valence-electron chi connectivity index (χ1n) is 37.1. The summed E-state index contributed by atoms with van der Waals surface area (Å²) in [5, 5.41) is 0. The number of nitrogens with zero attached hydrogens (tertiary/aromatic N) is 5. The minimum absolute atomic E-state index is 0.202. The lowest BCUT2D eigenvalue weighted by Crippen LogP contribution is -2.61. The summed E-state index contributed by atoms with van der Waals surface area (Å²) < 4.78 is 0. The molecule has 0 saturated carbocycles. The van der Waals surface area contributed by atoms with Gasteiger partial charge in [-0.15, -0.1) is 0 Å². The van der Waals surface area contributed by atoms with E-state index in [1.54, 1.807) is 0 Å². The van der Waals surface area contributed by atoms with Gasteiger partial charge in [-0.3, -0.25) is 0 Å². The molecule has 0 N–H and O–H groups in total. The first kappa shape index (κ1) is 66.0. The van der Waals surface area contributed by atoms with Gasteiger partial charge >= 0.3 is 0 Å². The van der Waals surface area contributed by atoms with Crippen LogP contribution in [0.3, 0.4) is 0 Å². The number of benzene rings is 15. The van der Waals surface area contributed by atoms with Crippen molar-refractivity contribution in [1.82, 2.24) is 15.0 Å². The number of hydrogen-bond donors (Lipinski definition) is 0. The van der Waals surface area contributed by atoms with Crippen LogP contribution in [-0.4, -0.2) is 21.7 Å². The molecule has 16 aromatic rings. The average Bonchev–Trinajstić information content (AvgIpc) is 0.692. The van der Waals surface area contributed by atoms with Gasteiger partial charge in [0.05, 0.1) is 0 Å². The Balaban J connectivity index is 0.991. The van der Waals surface area contributed by atoms with Crippen molar-refractivity contribution in [3.63, 3.8) is 0 Å². The third kappa shape index (κ3) is 12.8. The Bertz CT molecular complexity index is 5400. The molecule has 107 heavy (non-hydrogen) atoms. The van der Waals surface area contributed by atoms with E-state index < -0.39 is 0 Å². The zero-order chi connectivity index (χ0) is 72.3. The summed E-state index contributed by atoms with van der Waals surface area (Å²) in [7, 11) is 0. The number of anilines is 6. The van der Waals surface area contributed by atoms with Crippen molar-refractivity contribution < 1.29 is 0 Å². The second-order valence-electron chi connectivity index (χ2n) is 30.4. The van der Waals surface area contributed by atoms with Crippen molar-refractivity contribution in [2.24, 2.45) is 0 Å². The lowest BCUT2D eigenvalue weighted by Gasteiger charge is -2.45. The van der Waals surface area contributed by atoms with Gasteiger partial charge in [-0.2, -0.15) is 0 Å². The van der Waals surface area contributed by atoms with E-state index in [0.717, 1.165) is 140 Å². The molecular weight excluding hydrogens is 1290 g/mol. The number of rotatable bonds is 13. The Hall–Kier alpha value is -13.0. The first-order valence-corrected chi connectivity index (χ1v) is 37.1. The smallest absolute Gasteiger partial charge is 0.252 e. The van der Waals surface area contributed by atoms with Gasteiger partial charge in [0.25, 0.3) is 6.71 Å². The summed E-state index contributed by atoms with van der Waals surface area (Å²) in [6, 6.07) is 133. The maximum absolute atomic E-state index is 5.92. The van der Waals surface area contributed by atoms with Gasteiger partial charge in [0.15, 0.2) is 17.5 Å². The Morgan fingerprint density at radius 3 is 0.654 bits per heavy atom. The molecule has 15 aromatic carbocycles. The highest BCUT2D eigenvalue weighted by Crippen LogP contribution is 2.50. The van der Waals surface area contributed by atoms with Crippen molar-refractivity contribution >= 4 is 57.2 Å². The van der Waals surface area contributed by atoms with Crippen molar-refractivity contribution in [3.05, 3.63) is 375 Å². The van der Waals surface area contributed by atoms with Crippen LogP contribution < -0.4 is 26.2 Å². The second-order valence-corrected chi connectivity index (χ2v) is 30.4. The summed E-state index contributed by atoms with van der Waals surface area (Å²) >= 11 is 0. The number of fused-ring (bicyclic) bond motifs is 4. The fourth-order valence-corrected chi connectivity index (χ4v) is 15.7. The van der Waals surface area contributed by atoms with Gasteiger partial charge in [0, 0.05) is 50.8 Å². The molecule has 2 aliphatic rings. The Morgan fingerprint density at radius 2 is 0.421 bits per heavy atom. The molecule has 1 aromatic heterocycles. The molecule has 0 unspecified atom stereocenters. The quantitative estimate of drug-likeness (QED) is 0.108. The highest BCUT2D eigenvalue weighted by molar-refractivity contribution is 7.00. The molecule has 0 radical (unpaired) electrons. The summed E-state index contributed by atoms with van der Waals surface area (Å²) in [6.07, 6.45) is 0. The zero-order valence-corrected chi connectivity index (χ0v) is 61.0. The average molecular weight is 1370 g/mol. The molecule has 0 atom stereocenters. The molecule has 18 rings (SSSR count). The predicted octanol–water partition coefficient (Wildman–Crippen LogP) is 24.9. The number of hydrogen-bond acceptors (Lipinski definition) is 5. The molecule has 6 heteroatoms. The Labute approximate surface area is 628 Å². The highest BCUT2D eigenvalue weighted by atomic mass is 15.2. The van der Waals surface area contributed by atoms with E-state index >= 15 is 0 Å². The summed E-state index contributed by atoms with van der Waals surface area (Å²) in [6.45, 7) is 13.8. The second kappa shape index (κ2) is 27.2. The molecule has 0 amide bonds. The topological polar surface area (TPSA) is 45.2 Å². The van der Waals surface area contributed by atoms with E-state index in [1.807, 2.05) is 0 Å². The van der Waals surface area contributed by atoms with E-state index in [-0.39, 0.29) is 17.5 Å². The molecular formula is C101H78BN5. The van der Waals surface area contributed by atoms with Crippen LogP contribution in [0, 0.1) is 0 Å². The molecule has 0 aliphatic carbocycles. The molecule has 510 valence electrons. The Morgan fingerprint density at radius 1 is 0.206 bits per heavy atom. The largest absolute Gasteiger partial charge is 0.311 e. The van der Waals surface area contributed by atoms with Gasteiger partial charge < -0.3 is 9.80 Å². The molecule has 0 spiro atoms. The van der Waals surface area contributed by atoms with Crippen LogP contribution in [0.15, 0.2) is 364 Å². The summed E-state index contributed by atoms with van der Waals surface area (Å²) in [4.78, 5) is 22.8. The zero-order valence-electron chi connectivity index (χ0n) is 61.0. The maximum Gasteiger partial charge on any atom is 0.252 e. The third-order valence-corrected chi connectivity index (χ3v) is 21.3. The molecule has 0 saturated heterocycles. The van der Waals surface area contributed by atoms with Gasteiger partial charge in [0.2, 0.25) is 0 Å². The lowest BCUT2D eigenvalue weighted by atomic mass is 9.33. The Kier molecular flexibility index (Phi) is 16.8. The summed E-state index contributed by atoms with van der Waals surface area (Å²) in [5.41, 5.74) is 32.2. The summed E-state index contributed by atoms with van der Waals surface area (Å²) in [5.74, 6) is 1.64. The van der Waals surface area contributed by atoms with Crippen LogP contribution in [0.4, 0.5) is 34.1 Å². The van der Waals surface area contributed by atoms with Crippen LogP contribution in [0.5, 0.6) is 0 Å². The van der Waals surface area contributed by atoms with Crippen LogP contribution in [0.2, 0.25) is 0 Å². The monoisotopic (exact) mass is 1370 g/mol. The maximum atomic E-state index is 5.92. The van der Waals surface area contributed by atoms with Gasteiger partial charge in [0.1, 0.15) is 0 Å². The predicted molar refractivity (Wildman–Crippen MR) is 451 cm³/mol. The van der Waals surface area contributed by atoms with E-state index in [4.69, 9.17) is 15.0 Å². The molecule has 5 nitrogen and oxygen atoms in total. The van der Waals surface area contributed by atoms with E-state index in [2.05, 4.69) is 415 Å². The lowest BCUT2D eigenvalue weighted by molar-refractivity contribution is 0.590. The highest BCUT2D eigenvalue weighted by Gasteiger charge is 2.45. The van der Waals surface area contributed by atoms with E-state index in [9.17, 15) is 0 Å². The normalized spacial score (nSPS) is 12.3. The number of aromatic nitrogens is 3. The fourth-order valence-electron chi connectivity index (χ4n) is 15.7. The van der Waals surface area contributed by atoms with Crippen molar-refractivity contribution in [2.45, 2.75) is 52.4 Å². The fraction of sp³-hybridized carbons (Fsp3) is 0.0792. The minimum Gasteiger partial charge on any atom is -0.311 e. The van der Waals surface area contributed by atoms with E-state index in [0.29, 0.717) is 17.5 Å². The van der Waals surface area contributed by atoms with Gasteiger partial charge in [-0.1, -0.05) is 308 Å². The SMILES string of the molecule is CC(C)(C)c1ccc2c(c1)N(c1cc(-c3ccccc3)cc(-c3ccccc3)c1)c1cc(-c3nc(-c4cc(-c5ccccc5)cc(-c5ccccc5)c4)nc(-c4cc(-c5ccccc5)cc(-c5ccccc5)c4)n3)cc3c1B2c1ccc(C(C)(C)C)cc1N3c1cc(-c2ccccc2)cc(-c2ccccc2)c1. The third-order valence-electron chi connectivity index (χ3n) is 21.3. The molecule has 0 bridgehead atoms. The first-order chi connectivity index (χ1) is 52.3. The van der Waals surface area contributed by atoms with Crippen LogP contribution in [-0.2, 0) is 10.8 Å². The minimum atomic E-state index is -0.217. The van der Waals surface area contributed by atoms with Crippen LogP contribution >= 0.6 is 0 Å². The van der Waals surface area contributed by atoms with Crippen molar-refractivity contribution in [3.8, 4) is 123 Å².